The van der Waals surface area contributed by atoms with E-state index in [1.807, 2.05) is 6.92 Å². The van der Waals surface area contributed by atoms with Crippen LogP contribution >= 0.6 is 0 Å². The highest BCUT2D eigenvalue weighted by Crippen LogP contribution is 2.27. The van der Waals surface area contributed by atoms with Crippen LogP contribution < -0.4 is 4.74 Å². The van der Waals surface area contributed by atoms with E-state index in [4.69, 9.17) is 10.00 Å². The largest absolute Gasteiger partial charge is 0.423 e. The third-order valence-electron chi connectivity index (χ3n) is 5.03. The third kappa shape index (κ3) is 6.24. The maximum Gasteiger partial charge on any atom is 0.343 e. The molecule has 3 aromatic carbocycles. The number of halogens is 5. The highest BCUT2D eigenvalue weighted by atomic mass is 19.1. The normalized spacial score (nSPS) is 11.2. The standard InChI is InChI=1S/C27H18F5NO2/c1-2-3-4-22(28)18-11-23(29)20(24(30)12-18)10-7-16-5-8-17(9-6-16)27(34)35-19-13-25(31)21(15-33)26(32)14-19/h5-6,8-9,11-14,22H,2-4H2,1H3. The highest BCUT2D eigenvalue weighted by Gasteiger charge is 2.17. The van der Waals surface area contributed by atoms with Gasteiger partial charge in [0.2, 0.25) is 0 Å². The van der Waals surface area contributed by atoms with Crippen LogP contribution in [0.25, 0.3) is 0 Å². The third-order valence-corrected chi connectivity index (χ3v) is 5.03. The van der Waals surface area contributed by atoms with Gasteiger partial charge in [0.25, 0.3) is 0 Å². The van der Waals surface area contributed by atoms with Crippen LogP contribution in [-0.2, 0) is 0 Å². The average molecular weight is 483 g/mol. The zero-order valence-corrected chi connectivity index (χ0v) is 18.5. The molecule has 0 N–H and O–H groups in total. The smallest absolute Gasteiger partial charge is 0.343 e. The van der Waals surface area contributed by atoms with Gasteiger partial charge in [-0.2, -0.15) is 5.26 Å². The predicted octanol–water partition coefficient (Wildman–Crippen LogP) is 6.93. The summed E-state index contributed by atoms with van der Waals surface area (Å²) in [5.74, 6) is -0.712. The van der Waals surface area contributed by atoms with Crippen molar-refractivity contribution in [2.45, 2.75) is 32.4 Å². The van der Waals surface area contributed by atoms with Gasteiger partial charge in [-0.25, -0.2) is 26.7 Å². The van der Waals surface area contributed by atoms with Crippen LogP contribution in [0.4, 0.5) is 22.0 Å². The lowest BCUT2D eigenvalue weighted by molar-refractivity contribution is 0.0734. The second kappa shape index (κ2) is 11.3. The van der Waals surface area contributed by atoms with Crippen LogP contribution in [0.15, 0.2) is 48.5 Å². The van der Waals surface area contributed by atoms with E-state index in [9.17, 15) is 26.7 Å². The molecule has 0 aliphatic heterocycles. The lowest BCUT2D eigenvalue weighted by Crippen LogP contribution is -2.09. The molecular formula is C27H18F5NO2. The molecule has 0 saturated carbocycles. The van der Waals surface area contributed by atoms with Gasteiger partial charge >= 0.3 is 5.97 Å². The summed E-state index contributed by atoms with van der Waals surface area (Å²) in [5.41, 5.74) is -1.06. The Morgan fingerprint density at radius 1 is 0.914 bits per heavy atom. The van der Waals surface area contributed by atoms with Crippen molar-refractivity contribution >= 4 is 5.97 Å². The molecule has 0 saturated heterocycles. The number of hydrogen-bond donors (Lipinski definition) is 0. The van der Waals surface area contributed by atoms with Crippen molar-refractivity contribution in [3.63, 3.8) is 0 Å². The molecule has 3 rings (SSSR count). The number of alkyl halides is 1. The van der Waals surface area contributed by atoms with Crippen molar-refractivity contribution in [2.24, 2.45) is 0 Å². The lowest BCUT2D eigenvalue weighted by Gasteiger charge is -2.09. The first-order chi connectivity index (χ1) is 16.7. The molecule has 0 radical (unpaired) electrons. The van der Waals surface area contributed by atoms with Gasteiger partial charge in [-0.15, -0.1) is 0 Å². The molecule has 3 nitrogen and oxygen atoms in total. The topological polar surface area (TPSA) is 50.1 Å². The number of carbonyl (C=O) groups excluding carboxylic acids is 1. The molecule has 0 fully saturated rings. The quantitative estimate of drug-likeness (QED) is 0.165. The Kier molecular flexibility index (Phi) is 8.22. The second-order valence-corrected chi connectivity index (χ2v) is 7.56. The Morgan fingerprint density at radius 2 is 1.49 bits per heavy atom. The summed E-state index contributed by atoms with van der Waals surface area (Å²) in [6.45, 7) is 1.89. The zero-order valence-electron chi connectivity index (χ0n) is 18.5. The van der Waals surface area contributed by atoms with Gasteiger partial charge in [0.15, 0.2) is 0 Å². The van der Waals surface area contributed by atoms with Gasteiger partial charge in [0, 0.05) is 17.7 Å². The fraction of sp³-hybridized carbons (Fsp3) is 0.185. The minimum absolute atomic E-state index is 0.0171. The summed E-state index contributed by atoms with van der Waals surface area (Å²) in [6.07, 6.45) is 0.0597. The minimum Gasteiger partial charge on any atom is -0.423 e. The van der Waals surface area contributed by atoms with Gasteiger partial charge in [-0.3, -0.25) is 0 Å². The zero-order chi connectivity index (χ0) is 25.5. The number of benzene rings is 3. The summed E-state index contributed by atoms with van der Waals surface area (Å²) in [7, 11) is 0. The van der Waals surface area contributed by atoms with Crippen LogP contribution in [0.1, 0.15) is 65.0 Å². The first kappa shape index (κ1) is 25.5. The fourth-order valence-corrected chi connectivity index (χ4v) is 3.15. The number of ether oxygens (including phenoxy) is 1. The Morgan fingerprint density at radius 3 is 2.03 bits per heavy atom. The number of carbonyl (C=O) groups is 1. The van der Waals surface area contributed by atoms with E-state index in [2.05, 4.69) is 11.8 Å². The average Bonchev–Trinajstić information content (AvgIpc) is 2.82. The molecule has 0 amide bonds. The van der Waals surface area contributed by atoms with E-state index < -0.39 is 52.3 Å². The maximum absolute atomic E-state index is 14.3. The Hall–Kier alpha value is -4.17. The minimum atomic E-state index is -1.47. The van der Waals surface area contributed by atoms with Gasteiger partial charge < -0.3 is 4.74 Å². The summed E-state index contributed by atoms with van der Waals surface area (Å²) >= 11 is 0. The van der Waals surface area contributed by atoms with E-state index in [0.29, 0.717) is 24.1 Å². The van der Waals surface area contributed by atoms with Gasteiger partial charge in [-0.1, -0.05) is 31.6 Å². The van der Waals surface area contributed by atoms with Gasteiger partial charge in [0.05, 0.1) is 11.1 Å². The second-order valence-electron chi connectivity index (χ2n) is 7.56. The van der Waals surface area contributed by atoms with E-state index in [-0.39, 0.29) is 17.5 Å². The highest BCUT2D eigenvalue weighted by molar-refractivity contribution is 5.91. The van der Waals surface area contributed by atoms with Gasteiger partial charge in [0.1, 0.15) is 46.8 Å². The van der Waals surface area contributed by atoms with Crippen LogP contribution in [0, 0.1) is 46.4 Å². The number of esters is 1. The van der Waals surface area contributed by atoms with Crippen molar-refractivity contribution in [3.8, 4) is 23.7 Å². The lowest BCUT2D eigenvalue weighted by atomic mass is 10.0. The predicted molar refractivity (Wildman–Crippen MR) is 118 cm³/mol. The van der Waals surface area contributed by atoms with Crippen LogP contribution in [0.3, 0.4) is 0 Å². The van der Waals surface area contributed by atoms with Crippen molar-refractivity contribution < 1.29 is 31.5 Å². The number of nitriles is 1. The molecule has 0 spiro atoms. The fourth-order valence-electron chi connectivity index (χ4n) is 3.15. The van der Waals surface area contributed by atoms with Crippen molar-refractivity contribution in [2.75, 3.05) is 0 Å². The Balaban J connectivity index is 1.73. The van der Waals surface area contributed by atoms with Gasteiger partial charge in [-0.05, 0) is 48.4 Å². The van der Waals surface area contributed by atoms with Crippen molar-refractivity contribution in [3.05, 3.63) is 99.6 Å². The molecular weight excluding hydrogens is 465 g/mol. The molecule has 8 heteroatoms. The SMILES string of the molecule is CCCCC(F)c1cc(F)c(C#Cc2ccc(C(=O)Oc3cc(F)c(C#N)c(F)c3)cc2)c(F)c1. The first-order valence-corrected chi connectivity index (χ1v) is 10.6. The maximum atomic E-state index is 14.3. The van der Waals surface area contributed by atoms with Crippen LogP contribution in [-0.4, -0.2) is 5.97 Å². The van der Waals surface area contributed by atoms with E-state index >= 15 is 0 Å². The van der Waals surface area contributed by atoms with Crippen LogP contribution in [0.2, 0.25) is 0 Å². The number of rotatable bonds is 6. The van der Waals surface area contributed by atoms with E-state index in [1.54, 1.807) is 0 Å². The summed E-state index contributed by atoms with van der Waals surface area (Å²) in [6, 6.07) is 10.0. The summed E-state index contributed by atoms with van der Waals surface area (Å²) in [5, 5.41) is 8.68. The first-order valence-electron chi connectivity index (χ1n) is 10.6. The molecule has 0 heterocycles. The molecule has 0 aliphatic rings. The Labute approximate surface area is 198 Å². The summed E-state index contributed by atoms with van der Waals surface area (Å²) in [4.78, 5) is 12.2. The van der Waals surface area contributed by atoms with Crippen molar-refractivity contribution in [1.29, 1.82) is 5.26 Å². The molecule has 178 valence electrons. The van der Waals surface area contributed by atoms with E-state index in [0.717, 1.165) is 18.6 Å². The molecule has 3 aromatic rings. The van der Waals surface area contributed by atoms with E-state index in [1.165, 1.54) is 30.3 Å². The molecule has 1 atom stereocenters. The molecule has 1 unspecified atom stereocenters. The number of nitrogens with zero attached hydrogens (tertiary/aromatic N) is 1. The molecule has 0 bridgehead atoms. The summed E-state index contributed by atoms with van der Waals surface area (Å²) < 4.78 is 75.1. The van der Waals surface area contributed by atoms with Crippen LogP contribution in [0.5, 0.6) is 5.75 Å². The molecule has 35 heavy (non-hydrogen) atoms. The monoisotopic (exact) mass is 483 g/mol. The molecule has 0 aliphatic carbocycles. The Bertz CT molecular complexity index is 1300. The molecule has 0 aromatic heterocycles. The van der Waals surface area contributed by atoms with Crippen molar-refractivity contribution in [1.82, 2.24) is 0 Å². The number of hydrogen-bond acceptors (Lipinski definition) is 3. The number of unbranched alkanes of at least 4 members (excludes halogenated alkanes) is 1.